The molecule has 1 aromatic heterocycles. The van der Waals surface area contributed by atoms with Gasteiger partial charge in [-0.15, -0.1) is 0 Å². The second kappa shape index (κ2) is 5.63. The van der Waals surface area contributed by atoms with Gasteiger partial charge < -0.3 is 9.64 Å². The van der Waals surface area contributed by atoms with Crippen LogP contribution in [0.1, 0.15) is 24.3 Å². The van der Waals surface area contributed by atoms with Crippen LogP contribution in [0.25, 0.3) is 0 Å². The molecule has 2 unspecified atom stereocenters. The standard InChI is InChI=1S/C17H20N2O/c1-13-7-6-10-17(18-13)19-11-14(2)20-16(12-19)15-8-4-3-5-9-15/h3-10,14,16H,11-12H2,1-2H3. The van der Waals surface area contributed by atoms with Gasteiger partial charge in [0.25, 0.3) is 0 Å². The average molecular weight is 268 g/mol. The van der Waals surface area contributed by atoms with Crippen LogP contribution in [0.4, 0.5) is 5.82 Å². The van der Waals surface area contributed by atoms with E-state index >= 15 is 0 Å². The highest BCUT2D eigenvalue weighted by molar-refractivity contribution is 5.40. The number of nitrogens with zero attached hydrogens (tertiary/aromatic N) is 2. The minimum absolute atomic E-state index is 0.113. The predicted octanol–water partition coefficient (Wildman–Crippen LogP) is 3.36. The molecule has 0 spiro atoms. The predicted molar refractivity (Wildman–Crippen MR) is 80.9 cm³/mol. The lowest BCUT2D eigenvalue weighted by atomic mass is 10.1. The Morgan fingerprint density at radius 2 is 1.85 bits per heavy atom. The second-order valence-electron chi connectivity index (χ2n) is 5.39. The molecule has 1 aromatic carbocycles. The Morgan fingerprint density at radius 1 is 1.05 bits per heavy atom. The number of aryl methyl sites for hydroxylation is 1. The number of anilines is 1. The van der Waals surface area contributed by atoms with Crippen LogP contribution in [0, 0.1) is 6.92 Å². The van der Waals surface area contributed by atoms with Crippen molar-refractivity contribution < 1.29 is 4.74 Å². The lowest BCUT2D eigenvalue weighted by Gasteiger charge is -2.37. The van der Waals surface area contributed by atoms with Crippen molar-refractivity contribution in [3.05, 3.63) is 59.8 Å². The fourth-order valence-corrected chi connectivity index (χ4v) is 2.70. The molecule has 3 nitrogen and oxygen atoms in total. The minimum atomic E-state index is 0.113. The average Bonchev–Trinajstić information content (AvgIpc) is 2.47. The fourth-order valence-electron chi connectivity index (χ4n) is 2.70. The van der Waals surface area contributed by atoms with Crippen LogP contribution in [0.2, 0.25) is 0 Å². The van der Waals surface area contributed by atoms with Gasteiger partial charge in [0, 0.05) is 18.8 Å². The van der Waals surface area contributed by atoms with Crippen molar-refractivity contribution in [3.8, 4) is 0 Å². The summed E-state index contributed by atoms with van der Waals surface area (Å²) >= 11 is 0. The van der Waals surface area contributed by atoms with Crippen LogP contribution in [0.15, 0.2) is 48.5 Å². The summed E-state index contributed by atoms with van der Waals surface area (Å²) in [4.78, 5) is 6.95. The molecule has 1 fully saturated rings. The number of pyridine rings is 1. The van der Waals surface area contributed by atoms with Crippen molar-refractivity contribution >= 4 is 5.82 Å². The molecule has 20 heavy (non-hydrogen) atoms. The summed E-state index contributed by atoms with van der Waals surface area (Å²) in [6.45, 7) is 5.89. The van der Waals surface area contributed by atoms with E-state index < -0.39 is 0 Å². The van der Waals surface area contributed by atoms with Gasteiger partial charge in [0.15, 0.2) is 0 Å². The van der Waals surface area contributed by atoms with Crippen molar-refractivity contribution in [2.45, 2.75) is 26.1 Å². The summed E-state index contributed by atoms with van der Waals surface area (Å²) in [5.41, 5.74) is 2.29. The quantitative estimate of drug-likeness (QED) is 0.835. The Labute approximate surface area is 120 Å². The normalized spacial score (nSPS) is 22.8. The topological polar surface area (TPSA) is 25.4 Å². The van der Waals surface area contributed by atoms with Crippen molar-refractivity contribution in [2.24, 2.45) is 0 Å². The van der Waals surface area contributed by atoms with E-state index in [0.717, 1.165) is 24.6 Å². The second-order valence-corrected chi connectivity index (χ2v) is 5.39. The Bertz CT molecular complexity index is 570. The molecule has 0 aliphatic carbocycles. The molecule has 0 bridgehead atoms. The molecular weight excluding hydrogens is 248 g/mol. The van der Waals surface area contributed by atoms with Crippen LogP contribution in [0.3, 0.4) is 0 Å². The first-order valence-corrected chi connectivity index (χ1v) is 7.11. The molecule has 104 valence electrons. The summed E-state index contributed by atoms with van der Waals surface area (Å²) in [6.07, 6.45) is 0.318. The number of hydrogen-bond donors (Lipinski definition) is 0. The van der Waals surface area contributed by atoms with Gasteiger partial charge in [-0.1, -0.05) is 36.4 Å². The van der Waals surface area contributed by atoms with Crippen LogP contribution in [-0.4, -0.2) is 24.2 Å². The number of benzene rings is 1. The molecule has 3 heteroatoms. The number of ether oxygens (including phenoxy) is 1. The smallest absolute Gasteiger partial charge is 0.128 e. The molecule has 0 N–H and O–H groups in total. The van der Waals surface area contributed by atoms with Crippen molar-refractivity contribution in [1.82, 2.24) is 4.98 Å². The zero-order chi connectivity index (χ0) is 13.9. The van der Waals surface area contributed by atoms with Crippen LogP contribution in [-0.2, 0) is 4.74 Å². The molecule has 0 saturated carbocycles. The molecule has 2 heterocycles. The zero-order valence-corrected chi connectivity index (χ0v) is 12.0. The Hall–Kier alpha value is -1.87. The first-order chi connectivity index (χ1) is 9.72. The maximum absolute atomic E-state index is 6.08. The Morgan fingerprint density at radius 3 is 2.60 bits per heavy atom. The highest BCUT2D eigenvalue weighted by Crippen LogP contribution is 2.27. The monoisotopic (exact) mass is 268 g/mol. The number of aromatic nitrogens is 1. The number of rotatable bonds is 2. The zero-order valence-electron chi connectivity index (χ0n) is 12.0. The van der Waals surface area contributed by atoms with Crippen molar-refractivity contribution in [3.63, 3.8) is 0 Å². The lowest BCUT2D eigenvalue weighted by molar-refractivity contribution is -0.0176. The van der Waals surface area contributed by atoms with Gasteiger partial charge in [-0.25, -0.2) is 4.98 Å². The minimum Gasteiger partial charge on any atom is -0.367 e. The van der Waals surface area contributed by atoms with E-state index in [1.54, 1.807) is 0 Å². The summed E-state index contributed by atoms with van der Waals surface area (Å²) in [5, 5.41) is 0. The van der Waals surface area contributed by atoms with Crippen molar-refractivity contribution in [1.29, 1.82) is 0 Å². The van der Waals surface area contributed by atoms with Gasteiger partial charge in [-0.2, -0.15) is 0 Å². The van der Waals surface area contributed by atoms with Crippen LogP contribution < -0.4 is 4.90 Å². The number of hydrogen-bond acceptors (Lipinski definition) is 3. The maximum Gasteiger partial charge on any atom is 0.128 e. The van der Waals surface area contributed by atoms with Crippen LogP contribution in [0.5, 0.6) is 0 Å². The van der Waals surface area contributed by atoms with E-state index in [9.17, 15) is 0 Å². The van der Waals surface area contributed by atoms with Gasteiger partial charge >= 0.3 is 0 Å². The summed E-state index contributed by atoms with van der Waals surface area (Å²) < 4.78 is 6.08. The SMILES string of the molecule is Cc1cccc(N2CC(C)OC(c3ccccc3)C2)n1. The number of morpholine rings is 1. The highest BCUT2D eigenvalue weighted by Gasteiger charge is 2.27. The third kappa shape index (κ3) is 2.83. The van der Waals surface area contributed by atoms with Gasteiger partial charge in [0.2, 0.25) is 0 Å². The van der Waals surface area contributed by atoms with Gasteiger partial charge in [-0.05, 0) is 31.5 Å². The van der Waals surface area contributed by atoms with E-state index in [0.29, 0.717) is 0 Å². The van der Waals surface area contributed by atoms with E-state index in [-0.39, 0.29) is 12.2 Å². The van der Waals surface area contributed by atoms with Gasteiger partial charge in [0.05, 0.1) is 6.10 Å². The molecule has 3 rings (SSSR count). The molecule has 1 aliphatic heterocycles. The van der Waals surface area contributed by atoms with E-state index in [2.05, 4.69) is 53.2 Å². The summed E-state index contributed by atoms with van der Waals surface area (Å²) in [6, 6.07) is 16.6. The maximum atomic E-state index is 6.08. The molecular formula is C17H20N2O. The van der Waals surface area contributed by atoms with E-state index in [4.69, 9.17) is 4.74 Å². The molecule has 0 radical (unpaired) electrons. The van der Waals surface area contributed by atoms with E-state index in [1.165, 1.54) is 5.56 Å². The van der Waals surface area contributed by atoms with Gasteiger partial charge in [0.1, 0.15) is 11.9 Å². The third-order valence-electron chi connectivity index (χ3n) is 3.63. The van der Waals surface area contributed by atoms with E-state index in [1.807, 2.05) is 19.1 Å². The molecule has 1 aliphatic rings. The summed E-state index contributed by atoms with van der Waals surface area (Å²) in [5.74, 6) is 1.04. The first-order valence-electron chi connectivity index (χ1n) is 7.11. The fraction of sp³-hybridized carbons (Fsp3) is 0.353. The Kier molecular flexibility index (Phi) is 3.70. The molecule has 1 saturated heterocycles. The molecule has 2 atom stereocenters. The first kappa shape index (κ1) is 13.1. The lowest BCUT2D eigenvalue weighted by Crippen LogP contribution is -2.43. The van der Waals surface area contributed by atoms with Crippen molar-refractivity contribution in [2.75, 3.05) is 18.0 Å². The summed E-state index contributed by atoms with van der Waals surface area (Å²) in [7, 11) is 0. The molecule has 2 aromatic rings. The molecule has 0 amide bonds. The highest BCUT2D eigenvalue weighted by atomic mass is 16.5. The third-order valence-corrected chi connectivity index (χ3v) is 3.63. The largest absolute Gasteiger partial charge is 0.367 e. The Balaban J connectivity index is 1.83. The van der Waals surface area contributed by atoms with Crippen LogP contribution >= 0.6 is 0 Å². The van der Waals surface area contributed by atoms with Gasteiger partial charge in [-0.3, -0.25) is 0 Å².